The van der Waals surface area contributed by atoms with Crippen molar-refractivity contribution in [1.29, 1.82) is 0 Å². The molecule has 112 valence electrons. The van der Waals surface area contributed by atoms with E-state index in [2.05, 4.69) is 20.9 Å². The van der Waals surface area contributed by atoms with Gasteiger partial charge in [-0.15, -0.1) is 12.4 Å². The van der Waals surface area contributed by atoms with E-state index in [1.54, 1.807) is 12.1 Å². The first kappa shape index (κ1) is 17.2. The van der Waals surface area contributed by atoms with Gasteiger partial charge >= 0.3 is 12.1 Å². The molecule has 1 aromatic carbocycles. The third-order valence-electron chi connectivity index (χ3n) is 2.78. The lowest BCUT2D eigenvalue weighted by Gasteiger charge is -2.25. The Kier molecular flexibility index (Phi) is 4.72. The summed E-state index contributed by atoms with van der Waals surface area (Å²) < 4.78 is 64.0. The molecule has 20 heavy (non-hydrogen) atoms. The van der Waals surface area contributed by atoms with Gasteiger partial charge in [-0.2, -0.15) is 22.0 Å². The Morgan fingerprint density at radius 3 is 2.30 bits per heavy atom. The van der Waals surface area contributed by atoms with Gasteiger partial charge in [0.05, 0.1) is 0 Å². The minimum absolute atomic E-state index is 0. The van der Waals surface area contributed by atoms with Crippen molar-refractivity contribution in [3.63, 3.8) is 0 Å². The van der Waals surface area contributed by atoms with Gasteiger partial charge in [-0.05, 0) is 18.2 Å². The zero-order chi connectivity index (χ0) is 14.4. The monoisotopic (exact) mass is 378 g/mol. The van der Waals surface area contributed by atoms with Crippen LogP contribution in [-0.2, 0) is 0 Å². The lowest BCUT2D eigenvalue weighted by atomic mass is 10.0. The average molecular weight is 380 g/mol. The highest BCUT2D eigenvalue weighted by Gasteiger charge is 2.62. The minimum atomic E-state index is -5.69. The Balaban J connectivity index is 0.00000200. The maximum atomic E-state index is 13.2. The SMILES string of the molecule is Cl.N[C@@H](c1c[nH]c2ccc(Br)cc12)C(F)(F)C(F)(F)F. The van der Waals surface area contributed by atoms with E-state index in [1.807, 2.05) is 0 Å². The number of rotatable bonds is 2. The largest absolute Gasteiger partial charge is 0.455 e. The van der Waals surface area contributed by atoms with Crippen molar-refractivity contribution in [2.24, 2.45) is 5.73 Å². The first-order valence-electron chi connectivity index (χ1n) is 5.11. The van der Waals surface area contributed by atoms with Crippen molar-refractivity contribution in [1.82, 2.24) is 4.98 Å². The molecule has 0 aliphatic rings. The van der Waals surface area contributed by atoms with Crippen molar-refractivity contribution >= 4 is 39.2 Å². The molecule has 1 heterocycles. The standard InChI is InChI=1S/C11H8BrF5N2.ClH/c12-5-1-2-8-6(3-5)7(4-19-8)9(18)10(13,14)11(15,16)17;/h1-4,9,19H,18H2;1H/t9-;/m0./s1. The predicted octanol–water partition coefficient (Wildman–Crippen LogP) is 4.55. The van der Waals surface area contributed by atoms with E-state index >= 15 is 0 Å². The highest BCUT2D eigenvalue weighted by molar-refractivity contribution is 9.10. The molecule has 1 atom stereocenters. The number of aromatic amines is 1. The number of alkyl halides is 5. The molecule has 9 heteroatoms. The van der Waals surface area contributed by atoms with Gasteiger partial charge in [-0.25, -0.2) is 0 Å². The van der Waals surface area contributed by atoms with Crippen LogP contribution in [0.2, 0.25) is 0 Å². The Morgan fingerprint density at radius 2 is 1.75 bits per heavy atom. The van der Waals surface area contributed by atoms with E-state index in [1.165, 1.54) is 6.07 Å². The Morgan fingerprint density at radius 1 is 1.15 bits per heavy atom. The van der Waals surface area contributed by atoms with Crippen LogP contribution in [0.25, 0.3) is 10.9 Å². The van der Waals surface area contributed by atoms with Gasteiger partial charge in [0.1, 0.15) is 6.04 Å². The second kappa shape index (κ2) is 5.50. The second-order valence-corrected chi connectivity index (χ2v) is 4.95. The lowest BCUT2D eigenvalue weighted by Crippen LogP contribution is -2.45. The van der Waals surface area contributed by atoms with Crippen LogP contribution in [0.3, 0.4) is 0 Å². The molecule has 0 unspecified atom stereocenters. The summed E-state index contributed by atoms with van der Waals surface area (Å²) in [7, 11) is 0. The summed E-state index contributed by atoms with van der Waals surface area (Å²) >= 11 is 3.13. The van der Waals surface area contributed by atoms with Gasteiger partial charge in [-0.1, -0.05) is 15.9 Å². The number of halogens is 7. The maximum absolute atomic E-state index is 13.2. The molecule has 0 bridgehead atoms. The summed E-state index contributed by atoms with van der Waals surface area (Å²) in [5, 5.41) is 0.228. The van der Waals surface area contributed by atoms with Crippen molar-refractivity contribution in [2.75, 3.05) is 0 Å². The molecule has 0 amide bonds. The zero-order valence-corrected chi connectivity index (χ0v) is 12.0. The number of nitrogens with two attached hydrogens (primary N) is 1. The molecule has 2 nitrogen and oxygen atoms in total. The summed E-state index contributed by atoms with van der Waals surface area (Å²) in [4.78, 5) is 2.62. The molecule has 0 fully saturated rings. The van der Waals surface area contributed by atoms with E-state index in [0.29, 0.717) is 9.99 Å². The van der Waals surface area contributed by atoms with Gasteiger partial charge in [-0.3, -0.25) is 0 Å². The molecular formula is C11H9BrClF5N2. The summed E-state index contributed by atoms with van der Waals surface area (Å²) in [5.74, 6) is -5.00. The smallest absolute Gasteiger partial charge is 0.361 e. The number of benzene rings is 1. The highest BCUT2D eigenvalue weighted by Crippen LogP contribution is 2.44. The number of hydrogen-bond acceptors (Lipinski definition) is 1. The van der Waals surface area contributed by atoms with E-state index in [-0.39, 0.29) is 23.4 Å². The molecule has 0 aliphatic carbocycles. The van der Waals surface area contributed by atoms with Gasteiger partial charge in [0.25, 0.3) is 0 Å². The zero-order valence-electron chi connectivity index (χ0n) is 9.64. The van der Waals surface area contributed by atoms with Crippen LogP contribution in [0.15, 0.2) is 28.9 Å². The van der Waals surface area contributed by atoms with Gasteiger partial charge in [0, 0.05) is 27.1 Å². The van der Waals surface area contributed by atoms with Crippen LogP contribution >= 0.6 is 28.3 Å². The quantitative estimate of drug-likeness (QED) is 0.739. The number of fused-ring (bicyclic) bond motifs is 1. The molecule has 1 aromatic heterocycles. The fraction of sp³-hybridized carbons (Fsp3) is 0.273. The second-order valence-electron chi connectivity index (χ2n) is 4.03. The average Bonchev–Trinajstić information content (AvgIpc) is 2.69. The molecule has 3 N–H and O–H groups in total. The summed E-state index contributed by atoms with van der Waals surface area (Å²) in [6.07, 6.45) is -4.62. The maximum Gasteiger partial charge on any atom is 0.455 e. The first-order valence-corrected chi connectivity index (χ1v) is 5.90. The normalized spacial score (nSPS) is 14.2. The van der Waals surface area contributed by atoms with Gasteiger partial charge in [0.15, 0.2) is 0 Å². The molecule has 0 spiro atoms. The molecular weight excluding hydrogens is 370 g/mol. The van der Waals surface area contributed by atoms with Crippen LogP contribution in [0, 0.1) is 0 Å². The Bertz CT molecular complexity index is 610. The minimum Gasteiger partial charge on any atom is -0.361 e. The van der Waals surface area contributed by atoms with E-state index in [4.69, 9.17) is 5.73 Å². The number of aromatic nitrogens is 1. The molecule has 0 saturated carbocycles. The molecule has 0 aliphatic heterocycles. The molecule has 0 radical (unpaired) electrons. The third-order valence-corrected chi connectivity index (χ3v) is 3.27. The van der Waals surface area contributed by atoms with Crippen molar-refractivity contribution < 1.29 is 22.0 Å². The fourth-order valence-electron chi connectivity index (χ4n) is 1.74. The van der Waals surface area contributed by atoms with Gasteiger partial charge in [0.2, 0.25) is 0 Å². The van der Waals surface area contributed by atoms with Crippen molar-refractivity contribution in [3.8, 4) is 0 Å². The van der Waals surface area contributed by atoms with E-state index in [0.717, 1.165) is 6.20 Å². The molecule has 0 saturated heterocycles. The van der Waals surface area contributed by atoms with E-state index in [9.17, 15) is 22.0 Å². The molecule has 2 aromatic rings. The van der Waals surface area contributed by atoms with Crippen LogP contribution in [0.1, 0.15) is 11.6 Å². The van der Waals surface area contributed by atoms with Gasteiger partial charge < -0.3 is 10.7 Å². The fourth-order valence-corrected chi connectivity index (χ4v) is 2.10. The van der Waals surface area contributed by atoms with Crippen LogP contribution in [0.4, 0.5) is 22.0 Å². The Labute approximate surface area is 125 Å². The van der Waals surface area contributed by atoms with Crippen molar-refractivity contribution in [3.05, 3.63) is 34.4 Å². The van der Waals surface area contributed by atoms with E-state index < -0.39 is 18.1 Å². The number of hydrogen-bond donors (Lipinski definition) is 2. The third kappa shape index (κ3) is 2.77. The predicted molar refractivity (Wildman–Crippen MR) is 71.2 cm³/mol. The number of H-pyrrole nitrogens is 1. The topological polar surface area (TPSA) is 41.8 Å². The molecule has 2 rings (SSSR count). The number of nitrogens with one attached hydrogen (secondary N) is 1. The summed E-state index contributed by atoms with van der Waals surface area (Å²) in [5.41, 5.74) is 5.27. The van der Waals surface area contributed by atoms with Crippen LogP contribution in [-0.4, -0.2) is 17.1 Å². The first-order chi connectivity index (χ1) is 8.64. The Hall–Kier alpha value is -0.860. The van der Waals surface area contributed by atoms with Crippen LogP contribution < -0.4 is 5.73 Å². The van der Waals surface area contributed by atoms with Crippen LogP contribution in [0.5, 0.6) is 0 Å². The lowest BCUT2D eigenvalue weighted by molar-refractivity contribution is -0.290. The van der Waals surface area contributed by atoms with Crippen molar-refractivity contribution in [2.45, 2.75) is 18.1 Å². The highest BCUT2D eigenvalue weighted by atomic mass is 79.9. The summed E-state index contributed by atoms with van der Waals surface area (Å²) in [6, 6.07) is 2.17. The summed E-state index contributed by atoms with van der Waals surface area (Å²) in [6.45, 7) is 0.